The van der Waals surface area contributed by atoms with Gasteiger partial charge in [-0.25, -0.2) is 4.79 Å². The lowest BCUT2D eigenvalue weighted by molar-refractivity contribution is -0.140. The van der Waals surface area contributed by atoms with E-state index in [4.69, 9.17) is 15.2 Å². The molecule has 0 radical (unpaired) electrons. The van der Waals surface area contributed by atoms with Gasteiger partial charge in [0.15, 0.2) is 11.9 Å². The number of hydrogen-bond donors (Lipinski definition) is 3. The van der Waals surface area contributed by atoms with Crippen molar-refractivity contribution in [3.05, 3.63) is 35.2 Å². The predicted octanol–water partition coefficient (Wildman–Crippen LogP) is 3.37. The van der Waals surface area contributed by atoms with Crippen LogP contribution in [0.4, 0.5) is 5.69 Å². The first kappa shape index (κ1) is 20.7. The summed E-state index contributed by atoms with van der Waals surface area (Å²) in [4.78, 5) is 11.6. The van der Waals surface area contributed by atoms with E-state index < -0.39 is 17.6 Å². The average molecular weight is 350 g/mol. The third-order valence-electron chi connectivity index (χ3n) is 3.32. The van der Waals surface area contributed by atoms with E-state index in [1.807, 2.05) is 53.7 Å². The fourth-order valence-corrected chi connectivity index (χ4v) is 2.22. The summed E-state index contributed by atoms with van der Waals surface area (Å²) in [6.45, 7) is 11.4. The monoisotopic (exact) mass is 350 g/mol. The number of carboxylic acids is 1. The van der Waals surface area contributed by atoms with Crippen LogP contribution in [-0.4, -0.2) is 29.3 Å². The van der Waals surface area contributed by atoms with Crippen molar-refractivity contribution in [2.75, 3.05) is 12.3 Å². The molecule has 0 unspecified atom stereocenters. The van der Waals surface area contributed by atoms with Gasteiger partial charge in [0.2, 0.25) is 0 Å². The van der Waals surface area contributed by atoms with Gasteiger partial charge >= 0.3 is 5.97 Å². The molecule has 1 aromatic rings. The maximum Gasteiger partial charge on any atom is 0.329 e. The van der Waals surface area contributed by atoms with Gasteiger partial charge < -0.3 is 25.6 Å². The molecule has 0 heterocycles. The number of allylic oxidation sites excluding steroid dienone is 1. The van der Waals surface area contributed by atoms with Crippen LogP contribution >= 0.6 is 0 Å². The number of aliphatic carboxylic acids is 1. The Morgan fingerprint density at radius 2 is 2.00 bits per heavy atom. The topological polar surface area (TPSA) is 93.8 Å². The first-order valence-electron chi connectivity index (χ1n) is 8.41. The van der Waals surface area contributed by atoms with Gasteiger partial charge in [-0.2, -0.15) is 0 Å². The van der Waals surface area contributed by atoms with Crippen LogP contribution in [0, 0.1) is 13.8 Å². The van der Waals surface area contributed by atoms with Crippen LogP contribution < -0.4 is 15.8 Å². The van der Waals surface area contributed by atoms with Crippen molar-refractivity contribution in [1.82, 2.24) is 5.32 Å². The Morgan fingerprint density at radius 3 is 2.52 bits per heavy atom. The summed E-state index contributed by atoms with van der Waals surface area (Å²) in [6.07, 6.45) is 2.53. The normalized spacial score (nSPS) is 13.3. The molecule has 1 rings (SSSR count). The van der Waals surface area contributed by atoms with Gasteiger partial charge in [0.1, 0.15) is 18.0 Å². The molecule has 0 aromatic heterocycles. The minimum atomic E-state index is -1.03. The maximum atomic E-state index is 11.6. The van der Waals surface area contributed by atoms with Crippen molar-refractivity contribution in [2.45, 2.75) is 59.6 Å². The smallest absolute Gasteiger partial charge is 0.329 e. The molecule has 1 atom stereocenters. The lowest BCUT2D eigenvalue weighted by Gasteiger charge is -2.26. The molecule has 6 nitrogen and oxygen atoms in total. The molecule has 0 aliphatic rings. The standard InChI is InChI=1S/C19H30N2O4/c1-7-8-16(25-19(4,5)6)21-14(18(22)23)11-24-15-10-12(2)9-13(3)17(15)20/h8-10,14,21H,7,11,20H2,1-6H3,(H,22,23)/b16-8-/t14-/m0/s1. The van der Waals surface area contributed by atoms with E-state index in [0.717, 1.165) is 17.5 Å². The number of hydrogen-bond acceptors (Lipinski definition) is 5. The Hall–Kier alpha value is -2.37. The summed E-state index contributed by atoms with van der Waals surface area (Å²) >= 11 is 0. The molecule has 0 fully saturated rings. The van der Waals surface area contributed by atoms with Crippen LogP contribution in [0.1, 0.15) is 45.2 Å². The number of anilines is 1. The summed E-state index contributed by atoms with van der Waals surface area (Å²) in [5, 5.41) is 12.4. The summed E-state index contributed by atoms with van der Waals surface area (Å²) in [5.41, 5.74) is 8.01. The fourth-order valence-electron chi connectivity index (χ4n) is 2.22. The second-order valence-corrected chi connectivity index (χ2v) is 7.03. The van der Waals surface area contributed by atoms with Crippen LogP contribution in [-0.2, 0) is 9.53 Å². The molecule has 0 aliphatic heterocycles. The van der Waals surface area contributed by atoms with Crippen LogP contribution in [0.3, 0.4) is 0 Å². The quantitative estimate of drug-likeness (QED) is 0.491. The molecule has 0 amide bonds. The molecule has 0 aliphatic carbocycles. The van der Waals surface area contributed by atoms with E-state index in [0.29, 0.717) is 17.3 Å². The molecule has 0 saturated carbocycles. The van der Waals surface area contributed by atoms with E-state index >= 15 is 0 Å². The summed E-state index contributed by atoms with van der Waals surface area (Å²) in [6, 6.07) is 2.80. The van der Waals surface area contributed by atoms with Gasteiger partial charge in [-0.1, -0.05) is 13.0 Å². The van der Waals surface area contributed by atoms with Gasteiger partial charge in [-0.15, -0.1) is 0 Å². The highest BCUT2D eigenvalue weighted by Crippen LogP contribution is 2.27. The molecule has 0 spiro atoms. The Labute approximate surface area is 150 Å². The highest BCUT2D eigenvalue weighted by molar-refractivity contribution is 5.74. The zero-order valence-electron chi connectivity index (χ0n) is 16.0. The second kappa shape index (κ2) is 8.65. The van der Waals surface area contributed by atoms with E-state index in [9.17, 15) is 9.90 Å². The zero-order valence-corrected chi connectivity index (χ0v) is 16.0. The maximum absolute atomic E-state index is 11.6. The van der Waals surface area contributed by atoms with Crippen LogP contribution in [0.25, 0.3) is 0 Å². The second-order valence-electron chi connectivity index (χ2n) is 7.03. The number of carboxylic acid groups (broad SMARTS) is 1. The van der Waals surface area contributed by atoms with Crippen LogP contribution in [0.5, 0.6) is 5.75 Å². The highest BCUT2D eigenvalue weighted by atomic mass is 16.5. The van der Waals surface area contributed by atoms with Crippen LogP contribution in [0.2, 0.25) is 0 Å². The number of aryl methyl sites for hydroxylation is 2. The number of nitrogens with one attached hydrogen (secondary N) is 1. The number of ether oxygens (including phenoxy) is 2. The molecule has 0 bridgehead atoms. The molecule has 25 heavy (non-hydrogen) atoms. The first-order chi connectivity index (χ1) is 11.5. The minimum absolute atomic E-state index is 0.0724. The summed E-state index contributed by atoms with van der Waals surface area (Å²) in [7, 11) is 0. The molecule has 0 saturated heterocycles. The van der Waals surface area contributed by atoms with Gasteiger partial charge in [-0.05, 0) is 64.3 Å². The van der Waals surface area contributed by atoms with Gasteiger partial charge in [0.25, 0.3) is 0 Å². The molecular weight excluding hydrogens is 320 g/mol. The predicted molar refractivity (Wildman–Crippen MR) is 99.6 cm³/mol. The Balaban J connectivity index is 2.87. The highest BCUT2D eigenvalue weighted by Gasteiger charge is 2.23. The van der Waals surface area contributed by atoms with Crippen molar-refractivity contribution < 1.29 is 19.4 Å². The third-order valence-corrected chi connectivity index (χ3v) is 3.32. The van der Waals surface area contributed by atoms with E-state index in [1.54, 1.807) is 6.07 Å². The number of nitrogens with two attached hydrogens (primary N) is 1. The van der Waals surface area contributed by atoms with E-state index in [-0.39, 0.29) is 6.61 Å². The first-order valence-corrected chi connectivity index (χ1v) is 8.41. The molecular formula is C19H30N2O4. The SMILES string of the molecule is CC/C=C(/N[C@@H](COc1cc(C)cc(C)c1N)C(=O)O)OC(C)(C)C. The van der Waals surface area contributed by atoms with Crippen molar-refractivity contribution in [3.8, 4) is 5.75 Å². The summed E-state index contributed by atoms with van der Waals surface area (Å²) < 4.78 is 11.5. The fraction of sp³-hybridized carbons (Fsp3) is 0.526. The molecule has 140 valence electrons. The lowest BCUT2D eigenvalue weighted by Crippen LogP contribution is -2.42. The average Bonchev–Trinajstić information content (AvgIpc) is 2.46. The largest absolute Gasteiger partial charge is 0.489 e. The Kier molecular flexibility index (Phi) is 7.15. The van der Waals surface area contributed by atoms with Gasteiger partial charge in [0, 0.05) is 0 Å². The Morgan fingerprint density at radius 1 is 1.36 bits per heavy atom. The van der Waals surface area contributed by atoms with Crippen molar-refractivity contribution in [3.63, 3.8) is 0 Å². The van der Waals surface area contributed by atoms with E-state index in [1.165, 1.54) is 0 Å². The summed E-state index contributed by atoms with van der Waals surface area (Å²) in [5.74, 6) is -0.106. The van der Waals surface area contributed by atoms with Gasteiger partial charge in [0.05, 0.1) is 5.69 Å². The van der Waals surface area contributed by atoms with Crippen molar-refractivity contribution in [2.24, 2.45) is 0 Å². The number of nitrogen functional groups attached to an aromatic ring is 1. The van der Waals surface area contributed by atoms with Gasteiger partial charge in [-0.3, -0.25) is 0 Å². The van der Waals surface area contributed by atoms with E-state index in [2.05, 4.69) is 5.32 Å². The minimum Gasteiger partial charge on any atom is -0.489 e. The lowest BCUT2D eigenvalue weighted by atomic mass is 10.1. The third kappa shape index (κ3) is 6.95. The van der Waals surface area contributed by atoms with Crippen LogP contribution in [0.15, 0.2) is 24.1 Å². The Bertz CT molecular complexity index is 633. The molecule has 1 aromatic carbocycles. The number of carbonyl (C=O) groups is 1. The van der Waals surface area contributed by atoms with Crippen molar-refractivity contribution in [1.29, 1.82) is 0 Å². The number of rotatable bonds is 8. The molecule has 4 N–H and O–H groups in total. The molecule has 6 heteroatoms. The number of benzene rings is 1. The zero-order chi connectivity index (χ0) is 19.2. The van der Waals surface area contributed by atoms with Crippen molar-refractivity contribution >= 4 is 11.7 Å².